The van der Waals surface area contributed by atoms with Gasteiger partial charge in [0, 0.05) is 11.1 Å². The number of fused-ring (bicyclic) bond motifs is 1. The van der Waals surface area contributed by atoms with Crippen LogP contribution in [0.15, 0.2) is 109 Å². The van der Waals surface area contributed by atoms with E-state index in [9.17, 15) is 5.11 Å². The Morgan fingerprint density at radius 2 is 1.32 bits per heavy atom. The van der Waals surface area contributed by atoms with Crippen molar-refractivity contribution in [2.24, 2.45) is 0 Å². The maximum atomic E-state index is 11.5. The zero-order valence-electron chi connectivity index (χ0n) is 15.4. The molecule has 0 aliphatic rings. The quantitative estimate of drug-likeness (QED) is 0.458. The van der Waals surface area contributed by atoms with Gasteiger partial charge in [-0.2, -0.15) is 0 Å². The van der Waals surface area contributed by atoms with Crippen LogP contribution in [0.25, 0.3) is 16.8 Å². The lowest BCUT2D eigenvalue weighted by molar-refractivity contribution is 0.155. The third-order valence-electron chi connectivity index (χ3n) is 4.68. The van der Waals surface area contributed by atoms with Crippen molar-refractivity contribution in [2.45, 2.75) is 5.60 Å². The molecule has 0 heterocycles. The molecule has 0 saturated heterocycles. The van der Waals surface area contributed by atoms with Gasteiger partial charge in [-0.25, -0.2) is 0 Å². The summed E-state index contributed by atoms with van der Waals surface area (Å²) >= 11 is 0. The first-order valence-corrected chi connectivity index (χ1v) is 9.27. The molecule has 1 unspecified atom stereocenters. The number of hydrogen-bond acceptors (Lipinski definition) is 1. The maximum absolute atomic E-state index is 11.5. The fourth-order valence-electron chi connectivity index (χ4n) is 3.11. The van der Waals surface area contributed by atoms with Gasteiger partial charge in [0.1, 0.15) is 0 Å². The molecule has 28 heavy (non-hydrogen) atoms. The van der Waals surface area contributed by atoms with Crippen molar-refractivity contribution in [1.29, 1.82) is 0 Å². The minimum Gasteiger partial charge on any atom is -0.370 e. The molecule has 0 radical (unpaired) electrons. The number of aliphatic hydroxyl groups is 1. The Labute approximate surface area is 165 Å². The summed E-state index contributed by atoms with van der Waals surface area (Å²) < 4.78 is 0. The van der Waals surface area contributed by atoms with E-state index in [1.165, 1.54) is 0 Å². The molecule has 0 aliphatic carbocycles. The summed E-state index contributed by atoms with van der Waals surface area (Å²) in [6.07, 6.45) is 3.68. The zero-order chi connectivity index (χ0) is 19.2. The SMILES string of the molecule is OC(C#Cc1ccccc1)(/C=C/c1ccccc1)c1ccc2ccccc2c1. The van der Waals surface area contributed by atoms with E-state index in [1.807, 2.05) is 103 Å². The van der Waals surface area contributed by atoms with E-state index >= 15 is 0 Å². The van der Waals surface area contributed by atoms with Crippen LogP contribution < -0.4 is 0 Å². The minimum atomic E-state index is -1.39. The smallest absolute Gasteiger partial charge is 0.170 e. The molecule has 1 N–H and O–H groups in total. The highest BCUT2D eigenvalue weighted by Gasteiger charge is 2.23. The Morgan fingerprint density at radius 3 is 2.07 bits per heavy atom. The van der Waals surface area contributed by atoms with Gasteiger partial charge in [-0.3, -0.25) is 0 Å². The Balaban J connectivity index is 1.80. The zero-order valence-corrected chi connectivity index (χ0v) is 15.4. The maximum Gasteiger partial charge on any atom is 0.170 e. The van der Waals surface area contributed by atoms with Crippen molar-refractivity contribution >= 4 is 16.8 Å². The highest BCUT2D eigenvalue weighted by atomic mass is 16.3. The number of benzene rings is 4. The minimum absolute atomic E-state index is 0.752. The first-order valence-electron chi connectivity index (χ1n) is 9.27. The second kappa shape index (κ2) is 7.96. The van der Waals surface area contributed by atoms with Gasteiger partial charge < -0.3 is 5.11 Å². The largest absolute Gasteiger partial charge is 0.370 e. The van der Waals surface area contributed by atoms with Crippen LogP contribution in [0.4, 0.5) is 0 Å². The van der Waals surface area contributed by atoms with E-state index in [-0.39, 0.29) is 0 Å². The molecule has 134 valence electrons. The summed E-state index contributed by atoms with van der Waals surface area (Å²) in [5.41, 5.74) is 1.25. The predicted molar refractivity (Wildman–Crippen MR) is 117 cm³/mol. The molecule has 1 heteroatoms. The van der Waals surface area contributed by atoms with Crippen LogP contribution >= 0.6 is 0 Å². The van der Waals surface area contributed by atoms with E-state index < -0.39 is 5.60 Å². The Hall–Kier alpha value is -3.60. The standard InChI is InChI=1S/C27H20O/c28-27(19-17-22-9-3-1-4-10-22,20-18-23-11-5-2-6-12-23)26-16-15-24-13-7-8-14-25(24)21-26/h1-17,19,21,28H/b19-17+. The van der Waals surface area contributed by atoms with Crippen LogP contribution in [0.2, 0.25) is 0 Å². The van der Waals surface area contributed by atoms with Gasteiger partial charge in [0.2, 0.25) is 0 Å². The summed E-state index contributed by atoms with van der Waals surface area (Å²) in [5, 5.41) is 13.7. The molecule has 0 fully saturated rings. The molecule has 0 bridgehead atoms. The van der Waals surface area contributed by atoms with Crippen LogP contribution in [-0.4, -0.2) is 5.11 Å². The molecule has 4 aromatic rings. The summed E-state index contributed by atoms with van der Waals surface area (Å²) in [6, 6.07) is 33.7. The number of hydrogen-bond donors (Lipinski definition) is 1. The fourth-order valence-corrected chi connectivity index (χ4v) is 3.11. The summed E-state index contributed by atoms with van der Waals surface area (Å²) in [7, 11) is 0. The van der Waals surface area contributed by atoms with Gasteiger partial charge in [-0.15, -0.1) is 0 Å². The summed E-state index contributed by atoms with van der Waals surface area (Å²) in [5.74, 6) is 6.20. The predicted octanol–water partition coefficient (Wildman–Crippen LogP) is 5.79. The summed E-state index contributed by atoms with van der Waals surface area (Å²) in [4.78, 5) is 0. The van der Waals surface area contributed by atoms with E-state index in [0.29, 0.717) is 0 Å². The highest BCUT2D eigenvalue weighted by Crippen LogP contribution is 2.27. The Bertz CT molecular complexity index is 1160. The molecular formula is C27H20O. The Morgan fingerprint density at radius 1 is 0.679 bits per heavy atom. The monoisotopic (exact) mass is 360 g/mol. The van der Waals surface area contributed by atoms with Gasteiger partial charge in [0.05, 0.1) is 0 Å². The van der Waals surface area contributed by atoms with Gasteiger partial charge >= 0.3 is 0 Å². The lowest BCUT2D eigenvalue weighted by atomic mass is 9.91. The van der Waals surface area contributed by atoms with Crippen LogP contribution in [-0.2, 0) is 5.60 Å². The van der Waals surface area contributed by atoms with Crippen molar-refractivity contribution in [1.82, 2.24) is 0 Å². The molecule has 1 atom stereocenters. The first-order chi connectivity index (χ1) is 13.7. The molecular weight excluding hydrogens is 340 g/mol. The van der Waals surface area contributed by atoms with Crippen molar-refractivity contribution in [3.05, 3.63) is 126 Å². The van der Waals surface area contributed by atoms with Crippen molar-refractivity contribution in [3.8, 4) is 11.8 Å². The number of rotatable bonds is 3. The molecule has 1 nitrogen and oxygen atoms in total. The molecule has 0 spiro atoms. The fraction of sp³-hybridized carbons (Fsp3) is 0.0370. The Kier molecular flexibility index (Phi) is 5.06. The van der Waals surface area contributed by atoms with Crippen molar-refractivity contribution in [3.63, 3.8) is 0 Å². The van der Waals surface area contributed by atoms with Gasteiger partial charge in [0.25, 0.3) is 0 Å². The van der Waals surface area contributed by atoms with E-state index in [4.69, 9.17) is 0 Å². The topological polar surface area (TPSA) is 20.2 Å². The second-order valence-electron chi connectivity index (χ2n) is 6.69. The molecule has 4 rings (SSSR count). The average molecular weight is 360 g/mol. The van der Waals surface area contributed by atoms with Crippen molar-refractivity contribution in [2.75, 3.05) is 0 Å². The van der Waals surface area contributed by atoms with Crippen LogP contribution in [0, 0.1) is 11.8 Å². The molecule has 4 aromatic carbocycles. The van der Waals surface area contributed by atoms with Gasteiger partial charge in [-0.05, 0) is 40.6 Å². The van der Waals surface area contributed by atoms with Gasteiger partial charge in [-0.1, -0.05) is 103 Å². The van der Waals surface area contributed by atoms with E-state index in [0.717, 1.165) is 27.5 Å². The third kappa shape index (κ3) is 4.04. The van der Waals surface area contributed by atoms with Gasteiger partial charge in [0.15, 0.2) is 5.60 Å². The van der Waals surface area contributed by atoms with E-state index in [2.05, 4.69) is 17.9 Å². The third-order valence-corrected chi connectivity index (χ3v) is 4.68. The normalized spacial score (nSPS) is 13.0. The lowest BCUT2D eigenvalue weighted by Crippen LogP contribution is -2.20. The highest BCUT2D eigenvalue weighted by molar-refractivity contribution is 5.83. The lowest BCUT2D eigenvalue weighted by Gasteiger charge is -2.19. The molecule has 0 amide bonds. The van der Waals surface area contributed by atoms with Crippen LogP contribution in [0.5, 0.6) is 0 Å². The first kappa shape index (κ1) is 17.8. The van der Waals surface area contributed by atoms with Crippen molar-refractivity contribution < 1.29 is 5.11 Å². The van der Waals surface area contributed by atoms with Crippen LogP contribution in [0.3, 0.4) is 0 Å². The molecule has 0 saturated carbocycles. The molecule has 0 aliphatic heterocycles. The average Bonchev–Trinajstić information content (AvgIpc) is 2.77. The molecule has 0 aromatic heterocycles. The second-order valence-corrected chi connectivity index (χ2v) is 6.69. The van der Waals surface area contributed by atoms with Crippen LogP contribution in [0.1, 0.15) is 16.7 Å². The van der Waals surface area contributed by atoms with E-state index in [1.54, 1.807) is 6.08 Å². The summed E-state index contributed by atoms with van der Waals surface area (Å²) in [6.45, 7) is 0.